The largest absolute Gasteiger partial charge is 0.476 e. The summed E-state index contributed by atoms with van der Waals surface area (Å²) in [5, 5.41) is 12.5. The molecule has 0 radical (unpaired) electrons. The summed E-state index contributed by atoms with van der Waals surface area (Å²) >= 11 is 0. The molecule has 2 aromatic heterocycles. The minimum Gasteiger partial charge on any atom is -0.476 e. The highest BCUT2D eigenvalue weighted by molar-refractivity contribution is 5.92. The van der Waals surface area contributed by atoms with E-state index < -0.39 is 5.97 Å². The molecule has 0 spiro atoms. The number of rotatable bonds is 5. The zero-order valence-corrected chi connectivity index (χ0v) is 11.4. The molecule has 0 saturated heterocycles. The van der Waals surface area contributed by atoms with Crippen LogP contribution in [0.3, 0.4) is 0 Å². The first kappa shape index (κ1) is 13.4. The third kappa shape index (κ3) is 2.70. The highest BCUT2D eigenvalue weighted by atomic mass is 16.4. The lowest BCUT2D eigenvalue weighted by atomic mass is 9.98. The van der Waals surface area contributed by atoms with Gasteiger partial charge in [0.2, 0.25) is 0 Å². The number of aromatic carboxylic acids is 1. The highest BCUT2D eigenvalue weighted by Gasteiger charge is 2.18. The van der Waals surface area contributed by atoms with Crippen LogP contribution in [0.15, 0.2) is 24.4 Å². The molecule has 1 unspecified atom stereocenters. The number of pyridine rings is 1. The zero-order valence-electron chi connectivity index (χ0n) is 11.4. The normalized spacial score (nSPS) is 12.8. The van der Waals surface area contributed by atoms with E-state index >= 15 is 0 Å². The van der Waals surface area contributed by atoms with Gasteiger partial charge in [-0.2, -0.15) is 0 Å². The number of carbonyl (C=O) groups is 1. The summed E-state index contributed by atoms with van der Waals surface area (Å²) in [7, 11) is 0. The van der Waals surface area contributed by atoms with Crippen molar-refractivity contribution in [2.75, 3.05) is 11.9 Å². The van der Waals surface area contributed by atoms with Crippen molar-refractivity contribution in [2.45, 2.75) is 20.8 Å². The van der Waals surface area contributed by atoms with E-state index in [0.717, 1.165) is 0 Å². The van der Waals surface area contributed by atoms with Gasteiger partial charge in [0.25, 0.3) is 0 Å². The number of carboxylic acids is 1. The van der Waals surface area contributed by atoms with Gasteiger partial charge in [-0.1, -0.05) is 26.8 Å². The van der Waals surface area contributed by atoms with Crippen molar-refractivity contribution in [3.63, 3.8) is 0 Å². The van der Waals surface area contributed by atoms with E-state index in [0.29, 0.717) is 29.8 Å². The Bertz CT molecular complexity index is 589. The van der Waals surface area contributed by atoms with Gasteiger partial charge in [-0.05, 0) is 24.0 Å². The summed E-state index contributed by atoms with van der Waals surface area (Å²) in [6.07, 6.45) is 1.71. The van der Waals surface area contributed by atoms with Crippen LogP contribution in [-0.4, -0.2) is 27.0 Å². The number of anilines is 1. The minimum absolute atomic E-state index is 0.187. The number of nitrogens with one attached hydrogen (secondary N) is 1. The zero-order chi connectivity index (χ0) is 14.0. The van der Waals surface area contributed by atoms with Crippen LogP contribution < -0.4 is 5.32 Å². The van der Waals surface area contributed by atoms with E-state index in [1.54, 1.807) is 22.7 Å². The van der Waals surface area contributed by atoms with Crippen molar-refractivity contribution in [1.82, 2.24) is 9.38 Å². The molecule has 0 aliphatic carbocycles. The molecule has 1 atom stereocenters. The van der Waals surface area contributed by atoms with Crippen LogP contribution >= 0.6 is 0 Å². The van der Waals surface area contributed by atoms with Gasteiger partial charge in [0, 0.05) is 12.7 Å². The van der Waals surface area contributed by atoms with Crippen LogP contribution in [0.1, 0.15) is 31.3 Å². The molecule has 2 heterocycles. The van der Waals surface area contributed by atoms with Gasteiger partial charge in [-0.3, -0.25) is 4.40 Å². The number of imidazole rings is 1. The fourth-order valence-corrected chi connectivity index (χ4v) is 1.82. The van der Waals surface area contributed by atoms with Crippen LogP contribution in [0.2, 0.25) is 0 Å². The van der Waals surface area contributed by atoms with Crippen molar-refractivity contribution in [2.24, 2.45) is 11.8 Å². The first-order valence-electron chi connectivity index (χ1n) is 6.45. The second kappa shape index (κ2) is 5.30. The van der Waals surface area contributed by atoms with Crippen molar-refractivity contribution in [1.29, 1.82) is 0 Å². The number of aromatic nitrogens is 2. The van der Waals surface area contributed by atoms with E-state index in [4.69, 9.17) is 0 Å². The van der Waals surface area contributed by atoms with Gasteiger partial charge in [-0.25, -0.2) is 9.78 Å². The van der Waals surface area contributed by atoms with Gasteiger partial charge in [0.1, 0.15) is 5.65 Å². The number of hydrogen-bond acceptors (Lipinski definition) is 3. The van der Waals surface area contributed by atoms with Crippen LogP contribution in [-0.2, 0) is 0 Å². The summed E-state index contributed by atoms with van der Waals surface area (Å²) in [5.41, 5.74) is 0.825. The molecular weight excluding hydrogens is 242 g/mol. The van der Waals surface area contributed by atoms with Crippen LogP contribution in [0.4, 0.5) is 5.82 Å². The maximum atomic E-state index is 11.4. The van der Waals surface area contributed by atoms with E-state index in [2.05, 4.69) is 31.1 Å². The van der Waals surface area contributed by atoms with Crippen molar-refractivity contribution in [3.8, 4) is 0 Å². The summed E-state index contributed by atoms with van der Waals surface area (Å²) in [6.45, 7) is 7.14. The molecule has 0 saturated carbocycles. The second-order valence-electron chi connectivity index (χ2n) is 5.15. The molecule has 5 nitrogen and oxygen atoms in total. The SMILES string of the molecule is CC(C)C(C)CNc1nc2ccccn2c1C(=O)O. The average Bonchev–Trinajstić information content (AvgIpc) is 2.73. The smallest absolute Gasteiger partial charge is 0.356 e. The predicted molar refractivity (Wildman–Crippen MR) is 74.6 cm³/mol. The average molecular weight is 261 g/mol. The first-order valence-corrected chi connectivity index (χ1v) is 6.45. The molecule has 0 aliphatic heterocycles. The Morgan fingerprint density at radius 1 is 1.42 bits per heavy atom. The van der Waals surface area contributed by atoms with Gasteiger partial charge in [-0.15, -0.1) is 0 Å². The number of carboxylic acid groups (broad SMARTS) is 1. The fourth-order valence-electron chi connectivity index (χ4n) is 1.82. The standard InChI is InChI=1S/C14H19N3O2/c1-9(2)10(3)8-15-13-12(14(18)19)17-7-5-4-6-11(17)16-13/h4-7,9-10,15H,8H2,1-3H3,(H,18,19). The molecule has 0 aliphatic rings. The number of hydrogen-bond donors (Lipinski definition) is 2. The lowest BCUT2D eigenvalue weighted by molar-refractivity contribution is 0.0690. The minimum atomic E-state index is -0.974. The van der Waals surface area contributed by atoms with E-state index in [1.807, 2.05) is 6.07 Å². The number of nitrogens with zero attached hydrogens (tertiary/aromatic N) is 2. The monoisotopic (exact) mass is 261 g/mol. The van der Waals surface area contributed by atoms with E-state index in [9.17, 15) is 9.90 Å². The van der Waals surface area contributed by atoms with Crippen molar-refractivity contribution in [3.05, 3.63) is 30.1 Å². The maximum absolute atomic E-state index is 11.4. The molecule has 19 heavy (non-hydrogen) atoms. The Kier molecular flexibility index (Phi) is 3.74. The topological polar surface area (TPSA) is 66.6 Å². The molecule has 5 heteroatoms. The first-order chi connectivity index (χ1) is 9.00. The van der Waals surface area contributed by atoms with Crippen LogP contribution in [0.25, 0.3) is 5.65 Å². The summed E-state index contributed by atoms with van der Waals surface area (Å²) < 4.78 is 1.59. The van der Waals surface area contributed by atoms with Gasteiger partial charge >= 0.3 is 5.97 Å². The molecule has 0 bridgehead atoms. The third-order valence-corrected chi connectivity index (χ3v) is 3.46. The Morgan fingerprint density at radius 3 is 2.79 bits per heavy atom. The Balaban J connectivity index is 2.32. The van der Waals surface area contributed by atoms with Crippen molar-refractivity contribution >= 4 is 17.4 Å². The lowest BCUT2D eigenvalue weighted by Gasteiger charge is -2.15. The summed E-state index contributed by atoms with van der Waals surface area (Å²) in [4.78, 5) is 15.7. The molecule has 0 fully saturated rings. The molecule has 102 valence electrons. The molecule has 0 amide bonds. The maximum Gasteiger partial charge on any atom is 0.356 e. The van der Waals surface area contributed by atoms with Crippen molar-refractivity contribution < 1.29 is 9.90 Å². The van der Waals surface area contributed by atoms with Crippen LogP contribution in [0, 0.1) is 11.8 Å². The molecule has 0 aromatic carbocycles. The van der Waals surface area contributed by atoms with Gasteiger partial charge in [0.15, 0.2) is 11.5 Å². The molecular formula is C14H19N3O2. The number of fused-ring (bicyclic) bond motifs is 1. The van der Waals surface area contributed by atoms with E-state index in [1.165, 1.54) is 0 Å². The Hall–Kier alpha value is -2.04. The predicted octanol–water partition coefficient (Wildman–Crippen LogP) is 2.74. The second-order valence-corrected chi connectivity index (χ2v) is 5.15. The van der Waals surface area contributed by atoms with Crippen LogP contribution in [0.5, 0.6) is 0 Å². The van der Waals surface area contributed by atoms with Gasteiger partial charge < -0.3 is 10.4 Å². The summed E-state index contributed by atoms with van der Waals surface area (Å²) in [5.74, 6) is 0.453. The Labute approximate surface area is 112 Å². The lowest BCUT2D eigenvalue weighted by Crippen LogP contribution is -2.18. The molecule has 2 rings (SSSR count). The van der Waals surface area contributed by atoms with E-state index in [-0.39, 0.29) is 5.69 Å². The van der Waals surface area contributed by atoms with Gasteiger partial charge in [0.05, 0.1) is 0 Å². The third-order valence-electron chi connectivity index (χ3n) is 3.46. The highest BCUT2D eigenvalue weighted by Crippen LogP contribution is 2.19. The summed E-state index contributed by atoms with van der Waals surface area (Å²) in [6, 6.07) is 5.43. The Morgan fingerprint density at radius 2 is 2.16 bits per heavy atom. The molecule has 2 N–H and O–H groups in total. The molecule has 2 aromatic rings. The quantitative estimate of drug-likeness (QED) is 0.868. The fraction of sp³-hybridized carbons (Fsp3) is 0.429.